The van der Waals surface area contributed by atoms with Crippen LogP contribution in [0.3, 0.4) is 0 Å². The summed E-state index contributed by atoms with van der Waals surface area (Å²) in [4.78, 5) is 0. The third-order valence-electron chi connectivity index (χ3n) is 5.01. The van der Waals surface area contributed by atoms with E-state index in [0.717, 1.165) is 24.8 Å². The maximum atomic E-state index is 12.5. The Morgan fingerprint density at radius 1 is 1.25 bits per heavy atom. The van der Waals surface area contributed by atoms with E-state index in [0.29, 0.717) is 18.0 Å². The average Bonchev–Trinajstić information content (AvgIpc) is 2.64. The van der Waals surface area contributed by atoms with E-state index in [1.165, 1.54) is 18.2 Å². The first-order valence-electron chi connectivity index (χ1n) is 7.72. The third kappa shape index (κ3) is 3.28. The fraction of sp³-hybridized carbons (Fsp3) is 0.600. The molecule has 0 N–H and O–H groups in total. The Labute approximate surface area is 141 Å². The van der Waals surface area contributed by atoms with E-state index in [1.807, 2.05) is 6.07 Å². The highest BCUT2D eigenvalue weighted by Gasteiger charge is 2.48. The lowest BCUT2D eigenvalue weighted by atomic mass is 9.85. The van der Waals surface area contributed by atoms with Crippen LogP contribution in [-0.2, 0) is 10.1 Å². The normalized spacial score (nSPS) is 31.2. The second-order valence-corrected chi connectivity index (χ2v) is 8.74. The second-order valence-electron chi connectivity index (χ2n) is 6.61. The van der Waals surface area contributed by atoms with Gasteiger partial charge in [0.2, 0.25) is 0 Å². The fourth-order valence-corrected chi connectivity index (χ4v) is 4.94. The zero-order valence-corrected chi connectivity index (χ0v) is 15.0. The Morgan fingerprint density at radius 3 is 2.58 bits per heavy atom. The molecule has 2 aliphatic heterocycles. The topological polar surface area (TPSA) is 46.6 Å². The summed E-state index contributed by atoms with van der Waals surface area (Å²) in [6.45, 7) is 2.21. The van der Waals surface area contributed by atoms with Gasteiger partial charge in [-0.15, -0.1) is 0 Å². The molecular formula is C15H19F3NO3PS. The van der Waals surface area contributed by atoms with Gasteiger partial charge >= 0.3 is 15.6 Å². The van der Waals surface area contributed by atoms with Gasteiger partial charge < -0.3 is 4.18 Å². The largest absolute Gasteiger partial charge is 0.534 e. The third-order valence-corrected chi connectivity index (χ3v) is 6.79. The van der Waals surface area contributed by atoms with Crippen LogP contribution >= 0.6 is 9.39 Å². The minimum absolute atomic E-state index is 0.193. The molecule has 24 heavy (non-hydrogen) atoms. The Morgan fingerprint density at radius 2 is 1.96 bits per heavy atom. The van der Waals surface area contributed by atoms with Crippen molar-refractivity contribution < 1.29 is 25.8 Å². The van der Waals surface area contributed by atoms with E-state index in [9.17, 15) is 21.6 Å². The van der Waals surface area contributed by atoms with E-state index in [4.69, 9.17) is 0 Å². The number of halogens is 3. The van der Waals surface area contributed by atoms with Crippen LogP contribution in [0.4, 0.5) is 13.2 Å². The van der Waals surface area contributed by atoms with Gasteiger partial charge in [-0.05, 0) is 48.8 Å². The van der Waals surface area contributed by atoms with E-state index in [-0.39, 0.29) is 11.7 Å². The lowest BCUT2D eigenvalue weighted by molar-refractivity contribution is -0.0500. The van der Waals surface area contributed by atoms with Crippen molar-refractivity contribution in [1.82, 2.24) is 4.67 Å². The molecule has 2 saturated heterocycles. The number of hydrogen-bond donors (Lipinski definition) is 0. The summed E-state index contributed by atoms with van der Waals surface area (Å²) in [6, 6.07) is 6.85. The molecule has 5 unspecified atom stereocenters. The highest BCUT2D eigenvalue weighted by Crippen LogP contribution is 2.47. The first-order chi connectivity index (χ1) is 11.1. The Balaban J connectivity index is 1.80. The zero-order valence-electron chi connectivity index (χ0n) is 13.0. The van der Waals surface area contributed by atoms with Crippen molar-refractivity contribution in [2.24, 2.45) is 5.92 Å². The van der Waals surface area contributed by atoms with Gasteiger partial charge in [-0.3, -0.25) is 4.67 Å². The summed E-state index contributed by atoms with van der Waals surface area (Å²) in [5.41, 5.74) is -4.60. The van der Waals surface area contributed by atoms with Crippen LogP contribution in [0.15, 0.2) is 24.3 Å². The highest BCUT2D eigenvalue weighted by molar-refractivity contribution is 7.88. The Hall–Kier alpha value is -0.850. The predicted octanol–water partition coefficient (Wildman–Crippen LogP) is 3.66. The van der Waals surface area contributed by atoms with Crippen LogP contribution in [-0.4, -0.2) is 30.7 Å². The summed E-state index contributed by atoms with van der Waals surface area (Å²) in [7, 11) is -2.86. The van der Waals surface area contributed by atoms with Crippen LogP contribution in [0.25, 0.3) is 0 Å². The quantitative estimate of drug-likeness (QED) is 0.456. The number of piperidine rings is 1. The first kappa shape index (κ1) is 18.0. The lowest BCUT2D eigenvalue weighted by Crippen LogP contribution is -2.36. The molecule has 0 amide bonds. The van der Waals surface area contributed by atoms with Crippen LogP contribution in [0, 0.1) is 5.92 Å². The summed E-state index contributed by atoms with van der Waals surface area (Å²) in [6.07, 6.45) is 2.90. The summed E-state index contributed by atoms with van der Waals surface area (Å²) in [5.74, 6) is 0.472. The molecule has 0 spiro atoms. The maximum Gasteiger partial charge on any atom is 0.534 e. The molecular weight excluding hydrogens is 362 g/mol. The minimum Gasteiger partial charge on any atom is -0.376 e. The molecule has 134 valence electrons. The monoisotopic (exact) mass is 381 g/mol. The van der Waals surface area contributed by atoms with Gasteiger partial charge in [0, 0.05) is 12.1 Å². The number of benzene rings is 1. The maximum absolute atomic E-state index is 12.5. The van der Waals surface area contributed by atoms with E-state index >= 15 is 0 Å². The van der Waals surface area contributed by atoms with Crippen LogP contribution in [0.2, 0.25) is 0 Å². The fourth-order valence-electron chi connectivity index (χ4n) is 3.83. The molecule has 2 aliphatic rings. The van der Waals surface area contributed by atoms with Crippen LogP contribution in [0.5, 0.6) is 5.75 Å². The zero-order chi connectivity index (χ0) is 17.7. The van der Waals surface area contributed by atoms with Crippen LogP contribution < -0.4 is 4.18 Å². The van der Waals surface area contributed by atoms with E-state index < -0.39 is 15.6 Å². The summed E-state index contributed by atoms with van der Waals surface area (Å²) >= 11 is 0. The molecule has 4 nitrogen and oxygen atoms in total. The van der Waals surface area contributed by atoms with Gasteiger partial charge in [0.05, 0.1) is 0 Å². The average molecular weight is 381 g/mol. The molecule has 2 heterocycles. The van der Waals surface area contributed by atoms with Crippen molar-refractivity contribution in [2.75, 3.05) is 0 Å². The van der Waals surface area contributed by atoms with Gasteiger partial charge in [0.15, 0.2) is 0 Å². The molecule has 2 bridgehead atoms. The van der Waals surface area contributed by atoms with Gasteiger partial charge in [0.25, 0.3) is 0 Å². The predicted molar refractivity (Wildman–Crippen MR) is 86.9 cm³/mol. The molecule has 1 aromatic carbocycles. The van der Waals surface area contributed by atoms with E-state index in [2.05, 4.69) is 25.2 Å². The van der Waals surface area contributed by atoms with Crippen LogP contribution in [0.1, 0.15) is 37.7 Å². The number of fused-ring (bicyclic) bond motifs is 2. The molecule has 0 saturated carbocycles. The van der Waals surface area contributed by atoms with Crippen molar-refractivity contribution >= 4 is 19.5 Å². The number of alkyl halides is 3. The van der Waals surface area contributed by atoms with E-state index in [1.54, 1.807) is 0 Å². The van der Waals surface area contributed by atoms with Gasteiger partial charge in [0.1, 0.15) is 5.75 Å². The molecule has 2 fully saturated rings. The van der Waals surface area contributed by atoms with Gasteiger partial charge in [-0.1, -0.05) is 28.4 Å². The molecule has 9 heteroatoms. The Bertz CT molecular complexity index is 725. The smallest absolute Gasteiger partial charge is 0.376 e. The van der Waals surface area contributed by atoms with Crippen molar-refractivity contribution in [3.8, 4) is 5.75 Å². The standard InChI is InChI=1S/C15H19F3NO3PS/c1-9-5-12-6-11(8-14(9)19(12)23)10-3-2-4-13(7-10)22-24(20,21)15(16,17)18/h2-4,7,9,11-12,14H,5-6,8,23H2,1H3. The Kier molecular flexibility index (Phi) is 4.60. The SMILES string of the molecule is CC1CC2CC(c3cccc(OS(=O)(=O)C(F)(F)F)c3)CC1N2P. The minimum atomic E-state index is -5.64. The highest BCUT2D eigenvalue weighted by atomic mass is 32.2. The lowest BCUT2D eigenvalue weighted by Gasteiger charge is -2.37. The summed E-state index contributed by atoms with van der Waals surface area (Å²) in [5, 5.41) is 0. The molecule has 0 radical (unpaired) electrons. The van der Waals surface area contributed by atoms with Crippen molar-refractivity contribution in [1.29, 1.82) is 0 Å². The second kappa shape index (κ2) is 6.15. The molecule has 0 aromatic heterocycles. The molecule has 5 atom stereocenters. The first-order valence-corrected chi connectivity index (χ1v) is 9.64. The molecule has 3 rings (SSSR count). The number of rotatable bonds is 3. The van der Waals surface area contributed by atoms with Gasteiger partial charge in [-0.25, -0.2) is 0 Å². The van der Waals surface area contributed by atoms with Crippen molar-refractivity contribution in [2.45, 2.75) is 49.7 Å². The van der Waals surface area contributed by atoms with Crippen molar-refractivity contribution in [3.05, 3.63) is 29.8 Å². The van der Waals surface area contributed by atoms with Gasteiger partial charge in [-0.2, -0.15) is 21.6 Å². The summed E-state index contributed by atoms with van der Waals surface area (Å²) < 4.78 is 66.2. The van der Waals surface area contributed by atoms with Crippen molar-refractivity contribution in [3.63, 3.8) is 0 Å². The number of nitrogens with zero attached hydrogens (tertiary/aromatic N) is 1. The molecule has 0 aliphatic carbocycles. The number of hydrogen-bond acceptors (Lipinski definition) is 4. The molecule has 1 aromatic rings.